The Morgan fingerprint density at radius 2 is 2.29 bits per heavy atom. The van der Waals surface area contributed by atoms with Crippen LogP contribution in [0.3, 0.4) is 0 Å². The van der Waals surface area contributed by atoms with Gasteiger partial charge in [0.25, 0.3) is 0 Å². The highest BCUT2D eigenvalue weighted by atomic mass is 16.6. The molecule has 0 bridgehead atoms. The van der Waals surface area contributed by atoms with Crippen molar-refractivity contribution in [2.45, 2.75) is 39.4 Å². The number of epoxide rings is 1. The summed E-state index contributed by atoms with van der Waals surface area (Å²) in [5.41, 5.74) is 3.46. The first kappa shape index (κ1) is 15.7. The summed E-state index contributed by atoms with van der Waals surface area (Å²) in [6.07, 6.45) is 2.37. The monoisotopic (exact) mass is 290 g/mol. The van der Waals surface area contributed by atoms with Crippen LogP contribution in [0.5, 0.6) is 0 Å². The van der Waals surface area contributed by atoms with E-state index in [1.54, 1.807) is 6.08 Å². The number of carboxylic acids is 1. The predicted molar refractivity (Wildman–Crippen MR) is 81.2 cm³/mol. The van der Waals surface area contributed by atoms with Crippen LogP contribution in [0.4, 0.5) is 0 Å². The zero-order chi connectivity index (χ0) is 15.4. The molecule has 1 aromatic rings. The van der Waals surface area contributed by atoms with Crippen molar-refractivity contribution in [2.75, 3.05) is 13.2 Å². The van der Waals surface area contributed by atoms with Crippen molar-refractivity contribution in [3.05, 3.63) is 40.5 Å². The van der Waals surface area contributed by atoms with Crippen molar-refractivity contribution in [1.82, 2.24) is 0 Å². The summed E-state index contributed by atoms with van der Waals surface area (Å²) >= 11 is 0. The Labute approximate surface area is 125 Å². The van der Waals surface area contributed by atoms with Gasteiger partial charge in [0.2, 0.25) is 0 Å². The minimum Gasteiger partial charge on any atom is -0.478 e. The Morgan fingerprint density at radius 1 is 1.57 bits per heavy atom. The number of hydrogen-bond donors (Lipinski definition) is 1. The van der Waals surface area contributed by atoms with Gasteiger partial charge in [-0.3, -0.25) is 0 Å². The molecule has 1 fully saturated rings. The normalized spacial score (nSPS) is 19.4. The number of aryl methyl sites for hydroxylation is 1. The van der Waals surface area contributed by atoms with Crippen LogP contribution >= 0.6 is 0 Å². The molecule has 0 radical (unpaired) electrons. The Balaban J connectivity index is 2.25. The lowest BCUT2D eigenvalue weighted by molar-refractivity contribution is -0.132. The number of rotatable bonds is 7. The van der Waals surface area contributed by atoms with E-state index in [9.17, 15) is 9.90 Å². The van der Waals surface area contributed by atoms with Gasteiger partial charge in [-0.2, -0.15) is 0 Å². The van der Waals surface area contributed by atoms with Crippen LogP contribution in [-0.2, 0) is 14.3 Å². The molecule has 2 atom stereocenters. The van der Waals surface area contributed by atoms with Crippen molar-refractivity contribution < 1.29 is 19.4 Å². The molecule has 21 heavy (non-hydrogen) atoms. The van der Waals surface area contributed by atoms with E-state index in [0.29, 0.717) is 18.6 Å². The highest BCUT2D eigenvalue weighted by Gasteiger charge is 2.24. The molecule has 0 amide bonds. The summed E-state index contributed by atoms with van der Waals surface area (Å²) in [4.78, 5) is 11.2. The summed E-state index contributed by atoms with van der Waals surface area (Å²) in [6.45, 7) is 7.20. The van der Waals surface area contributed by atoms with Gasteiger partial charge < -0.3 is 14.6 Å². The second-order valence-electron chi connectivity index (χ2n) is 5.39. The van der Waals surface area contributed by atoms with Gasteiger partial charge >= 0.3 is 5.97 Å². The van der Waals surface area contributed by atoms with Crippen molar-refractivity contribution >= 4 is 12.0 Å². The van der Waals surface area contributed by atoms with E-state index in [0.717, 1.165) is 23.3 Å². The van der Waals surface area contributed by atoms with Gasteiger partial charge in [0.1, 0.15) is 6.10 Å². The van der Waals surface area contributed by atoms with Crippen molar-refractivity contribution in [3.8, 4) is 0 Å². The highest BCUT2D eigenvalue weighted by Crippen LogP contribution is 2.26. The lowest BCUT2D eigenvalue weighted by atomic mass is 9.98. The first-order valence-corrected chi connectivity index (χ1v) is 7.29. The molecule has 0 spiro atoms. The van der Waals surface area contributed by atoms with E-state index in [1.807, 2.05) is 32.9 Å². The SMILES string of the molecule is CCC(=Cc1ccc(C)cc1[C@@H](C)OC[C@H]1CO1)C(=O)O. The van der Waals surface area contributed by atoms with E-state index >= 15 is 0 Å². The molecule has 0 aromatic heterocycles. The van der Waals surface area contributed by atoms with Crippen LogP contribution in [0.15, 0.2) is 23.8 Å². The Morgan fingerprint density at radius 3 is 2.86 bits per heavy atom. The molecule has 114 valence electrons. The van der Waals surface area contributed by atoms with Gasteiger partial charge in [0.15, 0.2) is 0 Å². The maximum absolute atomic E-state index is 11.2. The van der Waals surface area contributed by atoms with Gasteiger partial charge in [-0.05, 0) is 37.5 Å². The quantitative estimate of drug-likeness (QED) is 0.618. The topological polar surface area (TPSA) is 59.1 Å². The van der Waals surface area contributed by atoms with Crippen molar-refractivity contribution in [1.29, 1.82) is 0 Å². The molecule has 4 heteroatoms. The van der Waals surface area contributed by atoms with Gasteiger partial charge in [-0.1, -0.05) is 30.7 Å². The molecule has 1 aliphatic heterocycles. The molecule has 2 rings (SSSR count). The number of hydrogen-bond acceptors (Lipinski definition) is 3. The second kappa shape index (κ2) is 6.87. The maximum atomic E-state index is 11.2. The van der Waals surface area contributed by atoms with Crippen LogP contribution in [0.2, 0.25) is 0 Å². The van der Waals surface area contributed by atoms with Crippen molar-refractivity contribution in [3.63, 3.8) is 0 Å². The van der Waals surface area contributed by atoms with Crippen molar-refractivity contribution in [2.24, 2.45) is 0 Å². The van der Waals surface area contributed by atoms with E-state index in [4.69, 9.17) is 9.47 Å². The number of carbonyl (C=O) groups is 1. The third-order valence-electron chi connectivity index (χ3n) is 3.60. The molecule has 0 aliphatic carbocycles. The minimum atomic E-state index is -0.871. The molecule has 1 N–H and O–H groups in total. The Kier molecular flexibility index (Phi) is 5.15. The highest BCUT2D eigenvalue weighted by molar-refractivity contribution is 5.92. The Bertz CT molecular complexity index is 544. The first-order valence-electron chi connectivity index (χ1n) is 7.29. The van der Waals surface area contributed by atoms with E-state index in [1.165, 1.54) is 0 Å². The molecule has 1 saturated heterocycles. The van der Waals surface area contributed by atoms with E-state index in [-0.39, 0.29) is 12.2 Å². The molecular formula is C17H22O4. The van der Waals surface area contributed by atoms with Crippen LogP contribution in [-0.4, -0.2) is 30.4 Å². The van der Waals surface area contributed by atoms with Gasteiger partial charge in [-0.25, -0.2) is 4.79 Å². The van der Waals surface area contributed by atoms with E-state index in [2.05, 4.69) is 6.07 Å². The third kappa shape index (κ3) is 4.41. The van der Waals surface area contributed by atoms with Crippen LogP contribution in [0, 0.1) is 6.92 Å². The van der Waals surface area contributed by atoms with Crippen LogP contribution in [0.25, 0.3) is 6.08 Å². The molecule has 1 aromatic carbocycles. The van der Waals surface area contributed by atoms with Crippen LogP contribution in [0.1, 0.15) is 43.1 Å². The average molecular weight is 290 g/mol. The third-order valence-corrected chi connectivity index (χ3v) is 3.60. The molecule has 1 heterocycles. The maximum Gasteiger partial charge on any atom is 0.331 e. The number of benzene rings is 1. The summed E-state index contributed by atoms with van der Waals surface area (Å²) in [7, 11) is 0. The average Bonchev–Trinajstić information content (AvgIpc) is 3.27. The Hall–Kier alpha value is -1.65. The summed E-state index contributed by atoms with van der Waals surface area (Å²) in [5, 5.41) is 9.19. The predicted octanol–water partition coefficient (Wildman–Crippen LogP) is 3.35. The molecule has 4 nitrogen and oxygen atoms in total. The fraction of sp³-hybridized carbons (Fsp3) is 0.471. The lowest BCUT2D eigenvalue weighted by Gasteiger charge is -2.16. The zero-order valence-corrected chi connectivity index (χ0v) is 12.8. The summed E-state index contributed by atoms with van der Waals surface area (Å²) < 4.78 is 11.0. The van der Waals surface area contributed by atoms with Gasteiger partial charge in [-0.15, -0.1) is 0 Å². The van der Waals surface area contributed by atoms with Crippen LogP contribution < -0.4 is 0 Å². The summed E-state index contributed by atoms with van der Waals surface area (Å²) in [6, 6.07) is 6.00. The number of ether oxygens (including phenoxy) is 2. The zero-order valence-electron chi connectivity index (χ0n) is 12.8. The molecular weight excluding hydrogens is 268 g/mol. The standard InChI is InChI=1S/C17H22O4/c1-4-13(17(18)19)8-14-6-5-11(2)7-16(14)12(3)20-9-15-10-21-15/h5-8,12,15H,4,9-10H2,1-3H3,(H,18,19)/t12-,15+/m1/s1. The largest absolute Gasteiger partial charge is 0.478 e. The lowest BCUT2D eigenvalue weighted by Crippen LogP contribution is -2.08. The van der Waals surface area contributed by atoms with E-state index < -0.39 is 5.97 Å². The summed E-state index contributed by atoms with van der Waals surface area (Å²) in [5.74, 6) is -0.871. The second-order valence-corrected chi connectivity index (χ2v) is 5.39. The fourth-order valence-corrected chi connectivity index (χ4v) is 2.19. The molecule has 0 unspecified atom stereocenters. The number of carboxylic acid groups (broad SMARTS) is 1. The molecule has 1 aliphatic rings. The first-order chi connectivity index (χ1) is 10.0. The minimum absolute atomic E-state index is 0.0905. The number of aliphatic carboxylic acids is 1. The fourth-order valence-electron chi connectivity index (χ4n) is 2.19. The van der Waals surface area contributed by atoms with Gasteiger partial charge in [0, 0.05) is 5.57 Å². The smallest absolute Gasteiger partial charge is 0.331 e. The molecule has 0 saturated carbocycles. The van der Waals surface area contributed by atoms with Gasteiger partial charge in [0.05, 0.1) is 19.3 Å².